The third-order valence-corrected chi connectivity index (χ3v) is 1.94. The average Bonchev–Trinajstić information content (AvgIpc) is 2.23. The highest BCUT2D eigenvalue weighted by molar-refractivity contribution is 5.90. The number of fused-ring (bicyclic) bond motifs is 1. The number of aromatic nitrogens is 3. The lowest BCUT2D eigenvalue weighted by Gasteiger charge is -1.98. The second kappa shape index (κ2) is 2.92. The Labute approximate surface area is 79.4 Å². The Morgan fingerprint density at radius 2 is 2.29 bits per heavy atom. The lowest BCUT2D eigenvalue weighted by atomic mass is 10.2. The van der Waals surface area contributed by atoms with Crippen LogP contribution in [0.4, 0.5) is 5.82 Å². The molecule has 0 saturated carbocycles. The summed E-state index contributed by atoms with van der Waals surface area (Å²) in [6.07, 6.45) is 2.99. The summed E-state index contributed by atoms with van der Waals surface area (Å²) in [5, 5.41) is 4.82. The van der Waals surface area contributed by atoms with E-state index in [0.717, 1.165) is 4.68 Å². The number of rotatable bonds is 0. The van der Waals surface area contributed by atoms with E-state index in [2.05, 4.69) is 14.9 Å². The van der Waals surface area contributed by atoms with Crippen LogP contribution in [0, 0.1) is 6.57 Å². The van der Waals surface area contributed by atoms with Gasteiger partial charge in [0.2, 0.25) is 0 Å². The van der Waals surface area contributed by atoms with Gasteiger partial charge in [-0.2, -0.15) is 4.68 Å². The van der Waals surface area contributed by atoms with Crippen LogP contribution in [-0.4, -0.2) is 14.8 Å². The van der Waals surface area contributed by atoms with E-state index >= 15 is 0 Å². The van der Waals surface area contributed by atoms with Gasteiger partial charge >= 0.3 is 5.82 Å². The zero-order valence-corrected chi connectivity index (χ0v) is 7.43. The van der Waals surface area contributed by atoms with Crippen LogP contribution in [0.25, 0.3) is 15.6 Å². The summed E-state index contributed by atoms with van der Waals surface area (Å²) >= 11 is 0. The van der Waals surface area contributed by atoms with Gasteiger partial charge in [-0.15, -0.1) is 0 Å². The number of hydrogen-bond donors (Lipinski definition) is 0. The van der Waals surface area contributed by atoms with E-state index in [1.165, 1.54) is 19.4 Å². The predicted molar refractivity (Wildman–Crippen MR) is 51.0 cm³/mol. The van der Waals surface area contributed by atoms with E-state index in [9.17, 15) is 4.79 Å². The Morgan fingerprint density at radius 1 is 1.50 bits per heavy atom. The van der Waals surface area contributed by atoms with Gasteiger partial charge in [0, 0.05) is 17.8 Å². The maximum Gasteiger partial charge on any atom is 0.302 e. The van der Waals surface area contributed by atoms with Gasteiger partial charge in [-0.3, -0.25) is 9.78 Å². The van der Waals surface area contributed by atoms with E-state index in [0.29, 0.717) is 10.8 Å². The normalized spacial score (nSPS) is 10.0. The fraction of sp³-hybridized carbons (Fsp3) is 0.111. The predicted octanol–water partition coefficient (Wildman–Crippen LogP) is 0.879. The summed E-state index contributed by atoms with van der Waals surface area (Å²) in [6.45, 7) is 6.92. The first-order valence-electron chi connectivity index (χ1n) is 3.92. The van der Waals surface area contributed by atoms with E-state index in [-0.39, 0.29) is 11.4 Å². The molecule has 2 aromatic heterocycles. The van der Waals surface area contributed by atoms with Crippen molar-refractivity contribution < 1.29 is 0 Å². The molecule has 0 aromatic carbocycles. The van der Waals surface area contributed by atoms with Crippen molar-refractivity contribution in [1.29, 1.82) is 0 Å². The van der Waals surface area contributed by atoms with Gasteiger partial charge in [-0.25, -0.2) is 0 Å². The highest BCUT2D eigenvalue weighted by atomic mass is 16.1. The van der Waals surface area contributed by atoms with E-state index in [4.69, 9.17) is 6.57 Å². The number of aryl methyl sites for hydroxylation is 1. The minimum absolute atomic E-state index is 0.226. The summed E-state index contributed by atoms with van der Waals surface area (Å²) in [7, 11) is 1.52. The van der Waals surface area contributed by atoms with Crippen LogP contribution in [0.3, 0.4) is 0 Å². The van der Waals surface area contributed by atoms with Crippen LogP contribution < -0.4 is 5.56 Å². The van der Waals surface area contributed by atoms with Gasteiger partial charge in [0.1, 0.15) is 0 Å². The molecule has 0 bridgehead atoms. The molecule has 0 fully saturated rings. The van der Waals surface area contributed by atoms with Crippen molar-refractivity contribution in [3.05, 3.63) is 40.2 Å². The lowest BCUT2D eigenvalue weighted by Crippen LogP contribution is -2.19. The number of nitrogens with zero attached hydrogens (tertiary/aromatic N) is 4. The van der Waals surface area contributed by atoms with Crippen LogP contribution in [0.5, 0.6) is 0 Å². The van der Waals surface area contributed by atoms with Crippen molar-refractivity contribution in [3.8, 4) is 0 Å². The quantitative estimate of drug-likeness (QED) is 0.574. The van der Waals surface area contributed by atoms with Gasteiger partial charge in [-0.1, -0.05) is 6.57 Å². The van der Waals surface area contributed by atoms with Crippen molar-refractivity contribution in [3.63, 3.8) is 0 Å². The molecule has 2 aromatic rings. The summed E-state index contributed by atoms with van der Waals surface area (Å²) in [4.78, 5) is 18.7. The molecule has 0 unspecified atom stereocenters. The molecular formula is C9H6N4O. The van der Waals surface area contributed by atoms with Gasteiger partial charge < -0.3 is 4.85 Å². The fourth-order valence-corrected chi connectivity index (χ4v) is 1.26. The number of pyridine rings is 1. The summed E-state index contributed by atoms with van der Waals surface area (Å²) in [6, 6.07) is 1.62. The summed E-state index contributed by atoms with van der Waals surface area (Å²) in [5.74, 6) is 0.226. The van der Waals surface area contributed by atoms with E-state index < -0.39 is 0 Å². The van der Waals surface area contributed by atoms with Crippen molar-refractivity contribution >= 4 is 16.6 Å². The lowest BCUT2D eigenvalue weighted by molar-refractivity contribution is 0.725. The van der Waals surface area contributed by atoms with Crippen molar-refractivity contribution in [2.45, 2.75) is 0 Å². The first-order valence-corrected chi connectivity index (χ1v) is 3.92. The first-order chi connectivity index (χ1) is 6.74. The van der Waals surface area contributed by atoms with Crippen LogP contribution >= 0.6 is 0 Å². The van der Waals surface area contributed by atoms with Gasteiger partial charge in [0.05, 0.1) is 12.4 Å². The third kappa shape index (κ3) is 1.05. The molecule has 0 aliphatic rings. The zero-order chi connectivity index (χ0) is 10.1. The first kappa shape index (κ1) is 8.38. The highest BCUT2D eigenvalue weighted by Crippen LogP contribution is 2.18. The van der Waals surface area contributed by atoms with Crippen LogP contribution in [0.15, 0.2) is 23.3 Å². The highest BCUT2D eigenvalue weighted by Gasteiger charge is 2.08. The minimum atomic E-state index is -0.236. The maximum atomic E-state index is 11.6. The standard InChI is InChI=1S/C9H6N4O/c1-10-8-6-3-4-11-5-7(6)9(14)13(2)12-8/h3-5H,2H3. The molecule has 14 heavy (non-hydrogen) atoms. The molecule has 0 atom stereocenters. The van der Waals surface area contributed by atoms with E-state index in [1.807, 2.05) is 0 Å². The van der Waals surface area contributed by atoms with Crippen molar-refractivity contribution in [1.82, 2.24) is 14.8 Å². The maximum absolute atomic E-state index is 11.6. The summed E-state index contributed by atoms with van der Waals surface area (Å²) in [5.41, 5.74) is -0.236. The largest absolute Gasteiger partial charge is 0.358 e. The monoisotopic (exact) mass is 186 g/mol. The molecule has 5 nitrogen and oxygen atoms in total. The Balaban J connectivity index is 3.07. The fourth-order valence-electron chi connectivity index (χ4n) is 1.26. The second-order valence-electron chi connectivity index (χ2n) is 2.79. The molecule has 0 aliphatic heterocycles. The Morgan fingerprint density at radius 3 is 3.00 bits per heavy atom. The van der Waals surface area contributed by atoms with Crippen LogP contribution in [0.1, 0.15) is 0 Å². The van der Waals surface area contributed by atoms with Gasteiger partial charge in [-0.05, 0) is 11.2 Å². The molecule has 68 valence electrons. The van der Waals surface area contributed by atoms with Gasteiger partial charge in [0.15, 0.2) is 0 Å². The SMILES string of the molecule is [C-]#[N+]c1nn(C)c(=O)c2cnccc12. The molecule has 5 heteroatoms. The molecule has 2 rings (SSSR count). The Bertz CT molecular complexity index is 594. The Hall–Kier alpha value is -2.22. The van der Waals surface area contributed by atoms with Gasteiger partial charge in [0.25, 0.3) is 5.56 Å². The molecule has 0 saturated heterocycles. The van der Waals surface area contributed by atoms with Crippen molar-refractivity contribution in [2.75, 3.05) is 0 Å². The molecule has 0 radical (unpaired) electrons. The molecule has 0 amide bonds. The molecule has 0 aliphatic carbocycles. The molecule has 0 spiro atoms. The van der Waals surface area contributed by atoms with Crippen LogP contribution in [0.2, 0.25) is 0 Å². The molecule has 2 heterocycles. The average molecular weight is 186 g/mol. The summed E-state index contributed by atoms with van der Waals surface area (Å²) < 4.78 is 1.15. The Kier molecular flexibility index (Phi) is 1.75. The smallest absolute Gasteiger partial charge is 0.302 e. The number of hydrogen-bond acceptors (Lipinski definition) is 3. The molecule has 0 N–H and O–H groups in total. The zero-order valence-electron chi connectivity index (χ0n) is 7.43. The van der Waals surface area contributed by atoms with E-state index in [1.54, 1.807) is 6.07 Å². The van der Waals surface area contributed by atoms with Crippen molar-refractivity contribution in [2.24, 2.45) is 7.05 Å². The second-order valence-corrected chi connectivity index (χ2v) is 2.79. The topological polar surface area (TPSA) is 52.1 Å². The minimum Gasteiger partial charge on any atom is -0.358 e. The molecular weight excluding hydrogens is 180 g/mol. The third-order valence-electron chi connectivity index (χ3n) is 1.94. The van der Waals surface area contributed by atoms with Crippen LogP contribution in [-0.2, 0) is 7.05 Å².